The molecular weight excluding hydrogens is 162 g/mol. The number of aliphatic hydroxyl groups excluding tert-OH is 1. The smallest absolute Gasteiger partial charge is 0.0602 e. The Bertz CT molecular complexity index is 210. The number of nitrogens with zero attached hydrogens (tertiary/aromatic N) is 1. The molecule has 0 aliphatic heterocycles. The fraction of sp³-hybridized carbons (Fsp3) is 1.00. The monoisotopic (exact) mass is 181 g/mol. The summed E-state index contributed by atoms with van der Waals surface area (Å²) in [5.41, 5.74) is 0. The predicted molar refractivity (Wildman–Crippen MR) is 51.2 cm³/mol. The molecule has 0 radical (unpaired) electrons. The first-order valence-electron chi connectivity index (χ1n) is 5.51. The van der Waals surface area contributed by atoms with Gasteiger partial charge in [0.15, 0.2) is 0 Å². The van der Waals surface area contributed by atoms with E-state index in [2.05, 4.69) is 19.0 Å². The van der Waals surface area contributed by atoms with Gasteiger partial charge in [0.1, 0.15) is 0 Å². The van der Waals surface area contributed by atoms with Crippen molar-refractivity contribution in [1.82, 2.24) is 4.90 Å². The van der Waals surface area contributed by atoms with Gasteiger partial charge in [0.05, 0.1) is 6.10 Å². The van der Waals surface area contributed by atoms with Gasteiger partial charge in [-0.2, -0.15) is 0 Å². The fourth-order valence-electron chi connectivity index (χ4n) is 4.43. The summed E-state index contributed by atoms with van der Waals surface area (Å²) in [5.74, 6) is 4.01. The summed E-state index contributed by atoms with van der Waals surface area (Å²) in [7, 11) is 4.33. The summed E-state index contributed by atoms with van der Waals surface area (Å²) in [6.45, 7) is 1.25. The van der Waals surface area contributed by atoms with Crippen LogP contribution in [0.2, 0.25) is 0 Å². The normalized spacial score (nSPS) is 57.2. The van der Waals surface area contributed by atoms with Crippen molar-refractivity contribution in [2.75, 3.05) is 20.6 Å². The maximum atomic E-state index is 9.87. The molecule has 0 saturated heterocycles. The molecule has 0 heterocycles. The molecule has 4 saturated carbocycles. The molecule has 0 amide bonds. The lowest BCUT2D eigenvalue weighted by Gasteiger charge is -2.26. The van der Waals surface area contributed by atoms with E-state index >= 15 is 0 Å². The van der Waals surface area contributed by atoms with Crippen LogP contribution in [0.4, 0.5) is 0 Å². The van der Waals surface area contributed by atoms with Gasteiger partial charge in [0, 0.05) is 6.54 Å². The van der Waals surface area contributed by atoms with Gasteiger partial charge in [-0.25, -0.2) is 0 Å². The van der Waals surface area contributed by atoms with Crippen LogP contribution in [0.3, 0.4) is 0 Å². The zero-order valence-electron chi connectivity index (χ0n) is 8.48. The SMILES string of the molecule is CN(C)CC1C2CC3C(O)C2CC31. The lowest BCUT2D eigenvalue weighted by Crippen LogP contribution is -2.31. The van der Waals surface area contributed by atoms with E-state index in [9.17, 15) is 5.11 Å². The molecular formula is C11H19NO. The largest absolute Gasteiger partial charge is 0.393 e. The van der Waals surface area contributed by atoms with Crippen molar-refractivity contribution in [3.05, 3.63) is 0 Å². The Morgan fingerprint density at radius 3 is 2.00 bits per heavy atom. The Balaban J connectivity index is 1.78. The van der Waals surface area contributed by atoms with Gasteiger partial charge in [-0.05, 0) is 56.5 Å². The van der Waals surface area contributed by atoms with Crippen LogP contribution in [0.1, 0.15) is 12.8 Å². The molecule has 4 unspecified atom stereocenters. The minimum Gasteiger partial charge on any atom is -0.393 e. The molecule has 74 valence electrons. The molecule has 4 bridgehead atoms. The highest BCUT2D eigenvalue weighted by Gasteiger charge is 2.64. The predicted octanol–water partition coefficient (Wildman–Crippen LogP) is 0.811. The average molecular weight is 181 g/mol. The topological polar surface area (TPSA) is 23.5 Å². The highest BCUT2D eigenvalue weighted by atomic mass is 16.3. The standard InChI is InChI=1S/C11H19NO/c1-12(2)5-10-6-3-8-7(10)4-9(6)11(8)13/h6-11,13H,3-5H2,1-2H3. The first kappa shape index (κ1) is 8.25. The third kappa shape index (κ3) is 0.909. The third-order valence-corrected chi connectivity index (χ3v) is 4.74. The van der Waals surface area contributed by atoms with E-state index in [0.717, 1.165) is 17.8 Å². The number of hydrogen-bond donors (Lipinski definition) is 1. The quantitative estimate of drug-likeness (QED) is 0.681. The van der Waals surface area contributed by atoms with Crippen molar-refractivity contribution in [1.29, 1.82) is 0 Å². The summed E-state index contributed by atoms with van der Waals surface area (Å²) in [6.07, 6.45) is 2.73. The highest BCUT2D eigenvalue weighted by molar-refractivity contribution is 5.13. The molecule has 2 nitrogen and oxygen atoms in total. The van der Waals surface area contributed by atoms with Crippen molar-refractivity contribution < 1.29 is 5.11 Å². The molecule has 4 atom stereocenters. The van der Waals surface area contributed by atoms with Crippen LogP contribution in [0.5, 0.6) is 0 Å². The van der Waals surface area contributed by atoms with Crippen LogP contribution in [0.25, 0.3) is 0 Å². The molecule has 4 fully saturated rings. The minimum atomic E-state index is 0.0772. The highest BCUT2D eigenvalue weighted by Crippen LogP contribution is 2.65. The molecule has 4 rings (SSSR count). The van der Waals surface area contributed by atoms with Gasteiger partial charge in [-0.1, -0.05) is 0 Å². The first-order valence-corrected chi connectivity index (χ1v) is 5.51. The van der Waals surface area contributed by atoms with Crippen LogP contribution in [-0.4, -0.2) is 36.8 Å². The molecule has 1 N–H and O–H groups in total. The Kier molecular flexibility index (Phi) is 1.58. The maximum Gasteiger partial charge on any atom is 0.0602 e. The van der Waals surface area contributed by atoms with E-state index in [1.165, 1.54) is 19.4 Å². The molecule has 0 aromatic carbocycles. The van der Waals surface area contributed by atoms with Gasteiger partial charge in [-0.3, -0.25) is 0 Å². The van der Waals surface area contributed by atoms with Crippen LogP contribution >= 0.6 is 0 Å². The van der Waals surface area contributed by atoms with Gasteiger partial charge < -0.3 is 10.0 Å². The molecule has 0 spiro atoms. The lowest BCUT2D eigenvalue weighted by molar-refractivity contribution is 0.0773. The molecule has 2 heteroatoms. The summed E-state index contributed by atoms with van der Waals surface area (Å²) in [5, 5.41) is 9.87. The van der Waals surface area contributed by atoms with E-state index in [4.69, 9.17) is 0 Å². The summed E-state index contributed by atoms with van der Waals surface area (Å²) in [4.78, 5) is 2.31. The Morgan fingerprint density at radius 2 is 1.62 bits per heavy atom. The molecule has 0 aromatic heterocycles. The minimum absolute atomic E-state index is 0.0772. The van der Waals surface area contributed by atoms with E-state index < -0.39 is 0 Å². The summed E-state index contributed by atoms with van der Waals surface area (Å²) >= 11 is 0. The molecule has 4 aliphatic rings. The number of rotatable bonds is 2. The third-order valence-electron chi connectivity index (χ3n) is 4.74. The van der Waals surface area contributed by atoms with Crippen molar-refractivity contribution >= 4 is 0 Å². The second kappa shape index (κ2) is 2.48. The van der Waals surface area contributed by atoms with Gasteiger partial charge >= 0.3 is 0 Å². The lowest BCUT2D eigenvalue weighted by atomic mass is 9.87. The molecule has 4 aliphatic carbocycles. The van der Waals surface area contributed by atoms with Crippen LogP contribution < -0.4 is 0 Å². The van der Waals surface area contributed by atoms with E-state index in [1.54, 1.807) is 0 Å². The van der Waals surface area contributed by atoms with Crippen molar-refractivity contribution in [2.45, 2.75) is 18.9 Å². The Labute approximate surface area is 79.9 Å². The van der Waals surface area contributed by atoms with Crippen molar-refractivity contribution in [3.8, 4) is 0 Å². The zero-order chi connectivity index (χ0) is 9.16. The average Bonchev–Trinajstić information content (AvgIpc) is 2.71. The van der Waals surface area contributed by atoms with Crippen molar-refractivity contribution in [2.24, 2.45) is 29.6 Å². The Morgan fingerprint density at radius 1 is 1.08 bits per heavy atom. The summed E-state index contributed by atoms with van der Waals surface area (Å²) in [6, 6.07) is 0. The summed E-state index contributed by atoms with van der Waals surface area (Å²) < 4.78 is 0. The number of hydrogen-bond acceptors (Lipinski definition) is 2. The van der Waals surface area contributed by atoms with Gasteiger partial charge in [0.2, 0.25) is 0 Å². The second-order valence-electron chi connectivity index (χ2n) is 5.54. The maximum absolute atomic E-state index is 9.87. The molecule has 13 heavy (non-hydrogen) atoms. The van der Waals surface area contributed by atoms with E-state index in [1.807, 2.05) is 0 Å². The van der Waals surface area contributed by atoms with Crippen LogP contribution in [0.15, 0.2) is 0 Å². The zero-order valence-corrected chi connectivity index (χ0v) is 8.48. The van der Waals surface area contributed by atoms with E-state index in [0.29, 0.717) is 11.8 Å². The van der Waals surface area contributed by atoms with Crippen LogP contribution in [0, 0.1) is 29.6 Å². The van der Waals surface area contributed by atoms with Crippen LogP contribution in [-0.2, 0) is 0 Å². The molecule has 0 aromatic rings. The first-order chi connectivity index (χ1) is 6.18. The second-order valence-corrected chi connectivity index (χ2v) is 5.54. The van der Waals surface area contributed by atoms with Crippen molar-refractivity contribution in [3.63, 3.8) is 0 Å². The van der Waals surface area contributed by atoms with Gasteiger partial charge in [0.25, 0.3) is 0 Å². The number of aliphatic hydroxyl groups is 1. The van der Waals surface area contributed by atoms with E-state index in [-0.39, 0.29) is 6.10 Å². The fourth-order valence-corrected chi connectivity index (χ4v) is 4.43. The van der Waals surface area contributed by atoms with Gasteiger partial charge in [-0.15, -0.1) is 0 Å². The Hall–Kier alpha value is -0.0800.